The summed E-state index contributed by atoms with van der Waals surface area (Å²) in [6.07, 6.45) is 7.81. The van der Waals surface area contributed by atoms with Gasteiger partial charge in [-0.25, -0.2) is 0 Å². The van der Waals surface area contributed by atoms with Gasteiger partial charge in [0.25, 0.3) is 0 Å². The lowest BCUT2D eigenvalue weighted by atomic mass is 9.96. The molecule has 2 fully saturated rings. The maximum Gasteiger partial charge on any atom is 0.0480 e. The Morgan fingerprint density at radius 1 is 1.22 bits per heavy atom. The predicted octanol–water partition coefficient (Wildman–Crippen LogP) is 2.54. The molecule has 2 saturated heterocycles. The van der Waals surface area contributed by atoms with E-state index in [9.17, 15) is 0 Å². The number of nitrogens with one attached hydrogen (secondary N) is 1. The Morgan fingerprint density at radius 2 is 1.96 bits per heavy atom. The van der Waals surface area contributed by atoms with Gasteiger partial charge in [0.2, 0.25) is 0 Å². The molecule has 1 N–H and O–H groups in total. The maximum absolute atomic E-state index is 4.22. The van der Waals surface area contributed by atoms with E-state index in [-0.39, 0.29) is 0 Å². The maximum atomic E-state index is 4.22. The number of likely N-dealkylation sites (tertiary alicyclic amines) is 1. The van der Waals surface area contributed by atoms with Crippen LogP contribution in [-0.4, -0.2) is 60.1 Å². The first-order chi connectivity index (χ1) is 11.3. The predicted molar refractivity (Wildman–Crippen MR) is 95.5 cm³/mol. The molecule has 128 valence electrons. The fourth-order valence-corrected chi connectivity index (χ4v) is 4.04. The minimum Gasteiger partial charge on any atom is -0.314 e. The van der Waals surface area contributed by atoms with E-state index in [0.29, 0.717) is 12.1 Å². The molecule has 1 aromatic rings. The van der Waals surface area contributed by atoms with E-state index < -0.39 is 0 Å². The zero-order valence-electron chi connectivity index (χ0n) is 14.7. The summed E-state index contributed by atoms with van der Waals surface area (Å²) in [5.74, 6) is 0.896. The molecule has 0 radical (unpaired) electrons. The van der Waals surface area contributed by atoms with Gasteiger partial charge < -0.3 is 10.2 Å². The number of rotatable bonds is 5. The summed E-state index contributed by atoms with van der Waals surface area (Å²) in [4.78, 5) is 9.64. The summed E-state index contributed by atoms with van der Waals surface area (Å²) >= 11 is 0. The van der Waals surface area contributed by atoms with Gasteiger partial charge in [-0.1, -0.05) is 13.8 Å². The molecular weight excluding hydrogens is 284 g/mol. The largest absolute Gasteiger partial charge is 0.314 e. The number of nitrogens with zero attached hydrogens (tertiary/aromatic N) is 3. The Labute approximate surface area is 141 Å². The molecule has 4 heteroatoms. The molecule has 0 spiro atoms. The minimum atomic E-state index is 0.499. The van der Waals surface area contributed by atoms with Gasteiger partial charge in [0.1, 0.15) is 0 Å². The fourth-order valence-electron chi connectivity index (χ4n) is 4.04. The standard InChI is InChI=1S/C19H32N4/c1-3-18-14-21-10-13-23(18)19(17-4-8-20-9-5-17)15-22-11-6-16(2)7-12-22/h4-5,8-9,16,18-19,21H,3,6-7,10-15H2,1-2H3. The van der Waals surface area contributed by atoms with Gasteiger partial charge >= 0.3 is 0 Å². The first kappa shape index (κ1) is 16.9. The van der Waals surface area contributed by atoms with Crippen LogP contribution in [-0.2, 0) is 0 Å². The van der Waals surface area contributed by atoms with Crippen molar-refractivity contribution in [2.75, 3.05) is 39.3 Å². The number of pyridine rings is 1. The molecule has 2 unspecified atom stereocenters. The van der Waals surface area contributed by atoms with Crippen LogP contribution in [0.4, 0.5) is 0 Å². The molecule has 0 bridgehead atoms. The van der Waals surface area contributed by atoms with E-state index in [4.69, 9.17) is 0 Å². The zero-order chi connectivity index (χ0) is 16.1. The molecule has 0 amide bonds. The Kier molecular flexibility index (Phi) is 6.03. The summed E-state index contributed by atoms with van der Waals surface area (Å²) in [5, 5.41) is 3.56. The molecule has 1 aromatic heterocycles. The smallest absolute Gasteiger partial charge is 0.0480 e. The van der Waals surface area contributed by atoms with E-state index in [1.54, 1.807) is 0 Å². The van der Waals surface area contributed by atoms with Crippen molar-refractivity contribution in [3.63, 3.8) is 0 Å². The molecular formula is C19H32N4. The van der Waals surface area contributed by atoms with Crippen molar-refractivity contribution >= 4 is 0 Å². The van der Waals surface area contributed by atoms with E-state index >= 15 is 0 Å². The van der Waals surface area contributed by atoms with Crippen molar-refractivity contribution < 1.29 is 0 Å². The first-order valence-corrected chi connectivity index (χ1v) is 9.36. The van der Waals surface area contributed by atoms with Crippen molar-refractivity contribution in [1.29, 1.82) is 0 Å². The summed E-state index contributed by atoms with van der Waals surface area (Å²) in [6, 6.07) is 5.57. The third-order valence-corrected chi connectivity index (χ3v) is 5.67. The van der Waals surface area contributed by atoms with Crippen molar-refractivity contribution in [3.05, 3.63) is 30.1 Å². The molecule has 0 saturated carbocycles. The third-order valence-electron chi connectivity index (χ3n) is 5.67. The normalized spacial score (nSPS) is 26.3. The van der Waals surface area contributed by atoms with Crippen LogP contribution in [0.2, 0.25) is 0 Å². The summed E-state index contributed by atoms with van der Waals surface area (Å²) < 4.78 is 0. The molecule has 2 aliphatic heterocycles. The van der Waals surface area contributed by atoms with Crippen LogP contribution in [0.5, 0.6) is 0 Å². The van der Waals surface area contributed by atoms with Crippen molar-refractivity contribution in [2.45, 2.75) is 45.2 Å². The van der Waals surface area contributed by atoms with Crippen LogP contribution < -0.4 is 5.32 Å². The van der Waals surface area contributed by atoms with Gasteiger partial charge in [-0.2, -0.15) is 0 Å². The van der Waals surface area contributed by atoms with Crippen LogP contribution in [0.3, 0.4) is 0 Å². The van der Waals surface area contributed by atoms with Gasteiger partial charge in [-0.3, -0.25) is 9.88 Å². The Bertz CT molecular complexity index is 456. The van der Waals surface area contributed by atoms with Gasteiger partial charge in [0.15, 0.2) is 0 Å². The van der Waals surface area contributed by atoms with E-state index in [0.717, 1.165) is 32.1 Å². The lowest BCUT2D eigenvalue weighted by Crippen LogP contribution is -2.54. The molecule has 23 heavy (non-hydrogen) atoms. The fraction of sp³-hybridized carbons (Fsp3) is 0.737. The molecule has 2 atom stereocenters. The second kappa shape index (κ2) is 8.22. The second-order valence-electron chi connectivity index (χ2n) is 7.28. The SMILES string of the molecule is CCC1CNCCN1C(CN1CCC(C)CC1)c1ccncc1. The molecule has 2 aliphatic rings. The Balaban J connectivity index is 1.76. The monoisotopic (exact) mass is 316 g/mol. The highest BCUT2D eigenvalue weighted by atomic mass is 15.3. The van der Waals surface area contributed by atoms with Gasteiger partial charge in [-0.15, -0.1) is 0 Å². The highest BCUT2D eigenvalue weighted by molar-refractivity contribution is 5.17. The first-order valence-electron chi connectivity index (χ1n) is 9.36. The number of piperazine rings is 1. The van der Waals surface area contributed by atoms with Crippen LogP contribution in [0.15, 0.2) is 24.5 Å². The van der Waals surface area contributed by atoms with Crippen molar-refractivity contribution in [3.8, 4) is 0 Å². The summed E-state index contributed by atoms with van der Waals surface area (Å²) in [7, 11) is 0. The highest BCUT2D eigenvalue weighted by Gasteiger charge is 2.30. The van der Waals surface area contributed by atoms with Gasteiger partial charge in [0.05, 0.1) is 0 Å². The van der Waals surface area contributed by atoms with Crippen molar-refractivity contribution in [2.24, 2.45) is 5.92 Å². The number of aromatic nitrogens is 1. The molecule has 3 rings (SSSR count). The lowest BCUT2D eigenvalue weighted by Gasteiger charge is -2.44. The topological polar surface area (TPSA) is 31.4 Å². The molecule has 0 aromatic carbocycles. The van der Waals surface area contributed by atoms with Crippen molar-refractivity contribution in [1.82, 2.24) is 20.1 Å². The van der Waals surface area contributed by atoms with E-state index in [2.05, 4.69) is 46.1 Å². The van der Waals surface area contributed by atoms with Crippen LogP contribution in [0.25, 0.3) is 0 Å². The molecule has 4 nitrogen and oxygen atoms in total. The Hall–Kier alpha value is -0.970. The van der Waals surface area contributed by atoms with Crippen LogP contribution in [0, 0.1) is 5.92 Å². The van der Waals surface area contributed by atoms with Gasteiger partial charge in [-0.05, 0) is 56.0 Å². The second-order valence-corrected chi connectivity index (χ2v) is 7.28. The minimum absolute atomic E-state index is 0.499. The average Bonchev–Trinajstić information content (AvgIpc) is 2.62. The quantitative estimate of drug-likeness (QED) is 0.904. The number of hydrogen-bond donors (Lipinski definition) is 1. The van der Waals surface area contributed by atoms with E-state index in [1.165, 1.54) is 37.9 Å². The average molecular weight is 316 g/mol. The van der Waals surface area contributed by atoms with Crippen LogP contribution >= 0.6 is 0 Å². The van der Waals surface area contributed by atoms with Gasteiger partial charge in [0, 0.05) is 50.7 Å². The summed E-state index contributed by atoms with van der Waals surface area (Å²) in [6.45, 7) is 11.8. The number of piperidine rings is 1. The Morgan fingerprint density at radius 3 is 2.65 bits per heavy atom. The molecule has 3 heterocycles. The van der Waals surface area contributed by atoms with E-state index in [1.807, 2.05) is 12.4 Å². The number of hydrogen-bond acceptors (Lipinski definition) is 4. The highest BCUT2D eigenvalue weighted by Crippen LogP contribution is 2.27. The zero-order valence-corrected chi connectivity index (χ0v) is 14.7. The third kappa shape index (κ3) is 4.31. The van der Waals surface area contributed by atoms with Crippen LogP contribution in [0.1, 0.15) is 44.7 Å². The lowest BCUT2D eigenvalue weighted by molar-refractivity contribution is 0.0641. The molecule has 0 aliphatic carbocycles. The summed E-state index contributed by atoms with van der Waals surface area (Å²) in [5.41, 5.74) is 1.43.